The van der Waals surface area contributed by atoms with Gasteiger partial charge in [0.2, 0.25) is 0 Å². The number of anilines is 1. The second kappa shape index (κ2) is 9.36. The number of amides is 1. The zero-order valence-electron chi connectivity index (χ0n) is 15.4. The van der Waals surface area contributed by atoms with Crippen molar-refractivity contribution in [1.29, 1.82) is 0 Å². The molecule has 1 aromatic carbocycles. The molecule has 2 aromatic heterocycles. The number of alkyl halides is 1. The van der Waals surface area contributed by atoms with Crippen LogP contribution in [0.15, 0.2) is 28.2 Å². The van der Waals surface area contributed by atoms with Crippen molar-refractivity contribution in [2.45, 2.75) is 33.9 Å². The molecule has 2 heterocycles. The van der Waals surface area contributed by atoms with Gasteiger partial charge in [0.1, 0.15) is 0 Å². The van der Waals surface area contributed by atoms with Crippen molar-refractivity contribution in [2.24, 2.45) is 0 Å². The molecule has 0 fully saturated rings. The number of esters is 1. The van der Waals surface area contributed by atoms with Crippen LogP contribution in [-0.4, -0.2) is 35.7 Å². The summed E-state index contributed by atoms with van der Waals surface area (Å²) >= 11 is 1.42. The number of rotatable bonds is 5. The number of carbonyl (C=O) groups is 2. The Balaban J connectivity index is 0.00000126. The first-order valence-electron chi connectivity index (χ1n) is 8.31. The Morgan fingerprint density at radius 2 is 2.15 bits per heavy atom. The van der Waals surface area contributed by atoms with Gasteiger partial charge in [-0.25, -0.2) is 0 Å². The Morgan fingerprint density at radius 1 is 1.41 bits per heavy atom. The van der Waals surface area contributed by atoms with Gasteiger partial charge in [-0.1, -0.05) is 13.8 Å². The van der Waals surface area contributed by atoms with E-state index in [1.54, 1.807) is 18.5 Å². The molecule has 0 radical (unpaired) electrons. The number of ether oxygens (including phenoxy) is 1. The first-order valence-corrected chi connectivity index (χ1v) is 9.19. The standard InChI is InChI=1S/C15H13BFN3O4S.C2H6/c1-8-16-15(24-19-8)20(7-23-9(2)21)14(22)13(17)10-3-4-12-11(5-10)18-6-25-12;1-2/h3-6,13H,7H2,1-2H3;1-2H3. The fourth-order valence-corrected chi connectivity index (χ4v) is 2.84. The van der Waals surface area contributed by atoms with E-state index in [-0.39, 0.29) is 11.3 Å². The monoisotopic (exact) mass is 391 g/mol. The van der Waals surface area contributed by atoms with Gasteiger partial charge in [0.15, 0.2) is 0 Å². The van der Waals surface area contributed by atoms with Gasteiger partial charge in [-0.2, -0.15) is 0 Å². The van der Waals surface area contributed by atoms with Crippen molar-refractivity contribution in [3.8, 4) is 0 Å². The van der Waals surface area contributed by atoms with Gasteiger partial charge in [-0.15, -0.1) is 0 Å². The summed E-state index contributed by atoms with van der Waals surface area (Å²) in [6, 6.07) is 4.75. The molecule has 1 unspecified atom stereocenters. The van der Waals surface area contributed by atoms with Gasteiger partial charge in [0, 0.05) is 0 Å². The molecule has 1 amide bonds. The van der Waals surface area contributed by atoms with Crippen LogP contribution in [-0.2, 0) is 14.3 Å². The second-order valence-electron chi connectivity index (χ2n) is 5.28. The summed E-state index contributed by atoms with van der Waals surface area (Å²) in [6.45, 7) is 7.84. The van der Waals surface area contributed by atoms with E-state index in [1.165, 1.54) is 37.3 Å². The number of nitrogens with zero attached hydrogens (tertiary/aromatic N) is 3. The van der Waals surface area contributed by atoms with Crippen molar-refractivity contribution >= 4 is 46.1 Å². The predicted octanol–water partition coefficient (Wildman–Crippen LogP) is 3.52. The van der Waals surface area contributed by atoms with Gasteiger partial charge in [-0.3, -0.25) is 0 Å². The molecule has 0 aliphatic carbocycles. The Bertz CT molecular complexity index is 930. The predicted molar refractivity (Wildman–Crippen MR) is 102 cm³/mol. The third kappa shape index (κ3) is 4.97. The molecule has 142 valence electrons. The number of thiazole rings is 1. The van der Waals surface area contributed by atoms with E-state index in [0.717, 1.165) is 9.60 Å². The Morgan fingerprint density at radius 3 is 2.78 bits per heavy atom. The number of benzene rings is 1. The molecule has 0 aliphatic heterocycles. The average Bonchev–Trinajstić information content (AvgIpc) is 3.30. The first-order chi connectivity index (χ1) is 13.0. The molecule has 0 saturated heterocycles. The number of fused-ring (bicyclic) bond motifs is 1. The van der Waals surface area contributed by atoms with Gasteiger partial charge in [0.25, 0.3) is 0 Å². The molecule has 0 aliphatic rings. The third-order valence-electron chi connectivity index (χ3n) is 3.41. The van der Waals surface area contributed by atoms with E-state index >= 15 is 0 Å². The molecular weight excluding hydrogens is 372 g/mol. The van der Waals surface area contributed by atoms with Crippen LogP contribution in [0.4, 0.5) is 10.2 Å². The molecular formula is C17H19BFN3O4S. The van der Waals surface area contributed by atoms with Gasteiger partial charge >= 0.3 is 146 Å². The quantitative estimate of drug-likeness (QED) is 0.489. The second-order valence-corrected chi connectivity index (χ2v) is 6.17. The van der Waals surface area contributed by atoms with Crippen molar-refractivity contribution in [1.82, 2.24) is 10.1 Å². The van der Waals surface area contributed by atoms with Crippen LogP contribution >= 0.6 is 11.3 Å². The van der Waals surface area contributed by atoms with Crippen LogP contribution in [0, 0.1) is 6.92 Å². The Hall–Kier alpha value is -2.62. The van der Waals surface area contributed by atoms with E-state index in [0.29, 0.717) is 11.1 Å². The molecule has 27 heavy (non-hydrogen) atoms. The molecule has 0 saturated carbocycles. The first kappa shape index (κ1) is 20.7. The Labute approximate surface area is 160 Å². The number of hydrogen-bond donors (Lipinski definition) is 0. The zero-order valence-corrected chi connectivity index (χ0v) is 16.2. The average molecular weight is 391 g/mol. The minimum absolute atomic E-state index is 0.00105. The molecule has 0 N–H and O–H groups in total. The summed E-state index contributed by atoms with van der Waals surface area (Å²) in [4.78, 5) is 28.7. The van der Waals surface area contributed by atoms with Crippen molar-refractivity contribution in [2.75, 3.05) is 11.6 Å². The van der Waals surface area contributed by atoms with Crippen molar-refractivity contribution in [3.63, 3.8) is 0 Å². The molecule has 7 nitrogen and oxygen atoms in total. The van der Waals surface area contributed by atoms with Crippen LogP contribution in [0.3, 0.4) is 0 Å². The van der Waals surface area contributed by atoms with Gasteiger partial charge in [0.05, 0.1) is 0 Å². The normalized spacial score (nSPS) is 11.3. The molecule has 0 bridgehead atoms. The van der Waals surface area contributed by atoms with E-state index < -0.39 is 24.8 Å². The summed E-state index contributed by atoms with van der Waals surface area (Å²) in [5.74, 6) is -1.53. The maximum atomic E-state index is 14.8. The van der Waals surface area contributed by atoms with E-state index in [2.05, 4.69) is 10.1 Å². The number of carbonyl (C=O) groups excluding carboxylic acids is 2. The maximum absolute atomic E-state index is 14.8. The summed E-state index contributed by atoms with van der Waals surface area (Å²) in [6.07, 6.45) is -1.97. The van der Waals surface area contributed by atoms with Crippen LogP contribution in [0.1, 0.15) is 38.1 Å². The summed E-state index contributed by atoms with van der Waals surface area (Å²) in [5.41, 5.74) is 2.93. The topological polar surface area (TPSA) is 85.5 Å². The number of hydrogen-bond acceptors (Lipinski definition) is 7. The Kier molecular flexibility index (Phi) is 7.17. The number of aryl methyl sites for hydroxylation is 1. The van der Waals surface area contributed by atoms with E-state index in [1.807, 2.05) is 13.8 Å². The van der Waals surface area contributed by atoms with Gasteiger partial charge < -0.3 is 0 Å². The van der Waals surface area contributed by atoms with Crippen LogP contribution < -0.4 is 4.90 Å². The number of aromatic nitrogens is 2. The molecule has 3 rings (SSSR count). The van der Waals surface area contributed by atoms with Crippen LogP contribution in [0.2, 0.25) is 0 Å². The molecule has 1 atom stereocenters. The summed E-state index contributed by atoms with van der Waals surface area (Å²) in [5, 5.41) is 3.67. The van der Waals surface area contributed by atoms with E-state index in [4.69, 9.17) is 9.26 Å². The zero-order chi connectivity index (χ0) is 20.0. The minimum atomic E-state index is -1.97. The summed E-state index contributed by atoms with van der Waals surface area (Å²) in [7, 11) is 0. The van der Waals surface area contributed by atoms with Crippen LogP contribution in [0.5, 0.6) is 0 Å². The third-order valence-corrected chi connectivity index (χ3v) is 4.22. The van der Waals surface area contributed by atoms with Crippen molar-refractivity contribution in [3.05, 3.63) is 34.9 Å². The molecule has 0 spiro atoms. The molecule has 3 aromatic rings. The summed E-state index contributed by atoms with van der Waals surface area (Å²) < 4.78 is 25.6. The van der Waals surface area contributed by atoms with Gasteiger partial charge in [-0.05, 0) is 0 Å². The SMILES string of the molecule is CC.CC(=O)OCN(C(=O)C(F)c1ccc2scnc2c1)c1bc(C)no1. The van der Waals surface area contributed by atoms with Crippen molar-refractivity contribution < 1.29 is 23.2 Å². The molecule has 10 heteroatoms. The fraction of sp³-hybridized carbons (Fsp3) is 0.353. The van der Waals surface area contributed by atoms with Crippen LogP contribution in [0.25, 0.3) is 10.2 Å². The fourth-order valence-electron chi connectivity index (χ4n) is 2.18. The number of halogens is 1. The van der Waals surface area contributed by atoms with E-state index in [9.17, 15) is 14.0 Å².